The summed E-state index contributed by atoms with van der Waals surface area (Å²) in [7, 11) is 1.65. The molecule has 2 aromatic heterocycles. The molecule has 1 saturated heterocycles. The number of likely N-dealkylation sites (tertiary alicyclic amines) is 1. The lowest BCUT2D eigenvalue weighted by atomic mass is 9.92. The van der Waals surface area contributed by atoms with Gasteiger partial charge in [0.2, 0.25) is 11.8 Å². The maximum atomic E-state index is 5.83. The number of ether oxygens (including phenoxy) is 1. The Morgan fingerprint density at radius 3 is 2.68 bits per heavy atom. The molecule has 3 heterocycles. The Morgan fingerprint density at radius 2 is 2.00 bits per heavy atom. The predicted molar refractivity (Wildman–Crippen MR) is 92.1 cm³/mol. The molecule has 25 heavy (non-hydrogen) atoms. The molecule has 1 aliphatic heterocycles. The molecular weight excluding hydrogens is 318 g/mol. The van der Waals surface area contributed by atoms with Crippen LogP contribution in [0.2, 0.25) is 0 Å². The monoisotopic (exact) mass is 339 g/mol. The van der Waals surface area contributed by atoms with Crippen LogP contribution in [0.3, 0.4) is 0 Å². The number of nitrogens with zero attached hydrogens (tertiary/aromatic N) is 4. The number of hydrogen-bond donors (Lipinski definition) is 1. The van der Waals surface area contributed by atoms with Crippen LogP contribution in [0.15, 0.2) is 41.1 Å². The second kappa shape index (κ2) is 7.06. The quantitative estimate of drug-likeness (QED) is 0.770. The molecule has 7 heteroatoms. The minimum Gasteiger partial charge on any atom is -0.497 e. The molecule has 130 valence electrons. The van der Waals surface area contributed by atoms with Crippen LogP contribution in [0.25, 0.3) is 11.5 Å². The van der Waals surface area contributed by atoms with E-state index >= 15 is 0 Å². The fourth-order valence-corrected chi connectivity index (χ4v) is 3.27. The van der Waals surface area contributed by atoms with Gasteiger partial charge < -0.3 is 9.15 Å². The number of benzene rings is 1. The molecule has 0 amide bonds. The zero-order valence-corrected chi connectivity index (χ0v) is 14.2. The van der Waals surface area contributed by atoms with Crippen LogP contribution in [0.5, 0.6) is 5.75 Å². The van der Waals surface area contributed by atoms with Crippen molar-refractivity contribution in [1.82, 2.24) is 25.3 Å². The summed E-state index contributed by atoms with van der Waals surface area (Å²) >= 11 is 0. The van der Waals surface area contributed by atoms with Crippen LogP contribution >= 0.6 is 0 Å². The van der Waals surface area contributed by atoms with E-state index in [0.29, 0.717) is 24.2 Å². The highest BCUT2D eigenvalue weighted by Crippen LogP contribution is 2.28. The third-order valence-corrected chi connectivity index (χ3v) is 4.74. The molecular formula is C18H21N5O2. The summed E-state index contributed by atoms with van der Waals surface area (Å²) in [4.78, 5) is 2.36. The fourth-order valence-electron chi connectivity index (χ4n) is 3.27. The Kier molecular flexibility index (Phi) is 4.47. The summed E-state index contributed by atoms with van der Waals surface area (Å²) < 4.78 is 11.0. The highest BCUT2D eigenvalue weighted by atomic mass is 16.5. The van der Waals surface area contributed by atoms with Crippen LogP contribution < -0.4 is 4.74 Å². The van der Waals surface area contributed by atoms with Crippen LogP contribution in [-0.2, 0) is 6.54 Å². The van der Waals surface area contributed by atoms with Gasteiger partial charge in [-0.05, 0) is 61.7 Å². The summed E-state index contributed by atoms with van der Waals surface area (Å²) in [5.41, 5.74) is 2.21. The van der Waals surface area contributed by atoms with E-state index in [2.05, 4.69) is 25.3 Å². The molecule has 1 fully saturated rings. The number of rotatable bonds is 5. The van der Waals surface area contributed by atoms with Gasteiger partial charge in [-0.2, -0.15) is 5.10 Å². The van der Waals surface area contributed by atoms with Crippen molar-refractivity contribution in [1.29, 1.82) is 0 Å². The van der Waals surface area contributed by atoms with Gasteiger partial charge in [-0.25, -0.2) is 0 Å². The van der Waals surface area contributed by atoms with Crippen molar-refractivity contribution in [2.75, 3.05) is 20.2 Å². The van der Waals surface area contributed by atoms with Gasteiger partial charge in [-0.1, -0.05) is 0 Å². The number of piperidine rings is 1. The Hall–Kier alpha value is -2.67. The van der Waals surface area contributed by atoms with Gasteiger partial charge >= 0.3 is 0 Å². The summed E-state index contributed by atoms with van der Waals surface area (Å²) in [5.74, 6) is 2.61. The number of nitrogens with one attached hydrogen (secondary N) is 1. The molecule has 0 bridgehead atoms. The third-order valence-electron chi connectivity index (χ3n) is 4.74. The van der Waals surface area contributed by atoms with Crippen LogP contribution in [-0.4, -0.2) is 45.5 Å². The van der Waals surface area contributed by atoms with Crippen LogP contribution in [0.1, 0.15) is 30.2 Å². The molecule has 1 N–H and O–H groups in total. The molecule has 4 rings (SSSR count). The summed E-state index contributed by atoms with van der Waals surface area (Å²) in [6.45, 7) is 2.74. The average Bonchev–Trinajstić information content (AvgIpc) is 3.35. The molecule has 7 nitrogen and oxygen atoms in total. The molecule has 1 aromatic carbocycles. The van der Waals surface area contributed by atoms with Gasteiger partial charge in [0.05, 0.1) is 19.9 Å². The van der Waals surface area contributed by atoms with Crippen LogP contribution in [0.4, 0.5) is 0 Å². The Bertz CT molecular complexity index is 789. The van der Waals surface area contributed by atoms with Crippen molar-refractivity contribution in [2.24, 2.45) is 0 Å². The standard InChI is InChI=1S/C18H21N5O2/c1-24-16-4-2-14(3-5-16)18-22-21-17(25-18)12-23-8-6-13(7-9-23)15-10-19-20-11-15/h2-5,10-11,13H,6-9,12H2,1H3,(H,19,20). The topological polar surface area (TPSA) is 80.1 Å². The SMILES string of the molecule is COc1ccc(-c2nnc(CN3CCC(c4cn[nH]c4)CC3)o2)cc1. The first kappa shape index (κ1) is 15.8. The van der Waals surface area contributed by atoms with E-state index in [1.165, 1.54) is 5.56 Å². The largest absolute Gasteiger partial charge is 0.497 e. The van der Waals surface area contributed by atoms with Gasteiger partial charge in [0.1, 0.15) is 5.75 Å². The molecule has 0 radical (unpaired) electrons. The first-order valence-electron chi connectivity index (χ1n) is 8.49. The van der Waals surface area contributed by atoms with Crippen molar-refractivity contribution in [3.05, 3.63) is 48.1 Å². The molecule has 0 spiro atoms. The average molecular weight is 339 g/mol. The number of H-pyrrole nitrogens is 1. The molecule has 0 atom stereocenters. The minimum atomic E-state index is 0.547. The van der Waals surface area contributed by atoms with Crippen molar-refractivity contribution in [2.45, 2.75) is 25.3 Å². The van der Waals surface area contributed by atoms with Crippen LogP contribution in [0, 0.1) is 0 Å². The zero-order valence-electron chi connectivity index (χ0n) is 14.2. The second-order valence-corrected chi connectivity index (χ2v) is 6.31. The van der Waals surface area contributed by atoms with Crippen molar-refractivity contribution < 1.29 is 9.15 Å². The van der Waals surface area contributed by atoms with Crippen molar-refractivity contribution in [3.63, 3.8) is 0 Å². The van der Waals surface area contributed by atoms with E-state index in [1.54, 1.807) is 7.11 Å². The van der Waals surface area contributed by atoms with E-state index in [4.69, 9.17) is 9.15 Å². The normalized spacial score (nSPS) is 16.2. The third kappa shape index (κ3) is 3.56. The second-order valence-electron chi connectivity index (χ2n) is 6.31. The van der Waals surface area contributed by atoms with Crippen molar-refractivity contribution >= 4 is 0 Å². The molecule has 0 unspecified atom stereocenters. The van der Waals surface area contributed by atoms with Gasteiger partial charge in [0.25, 0.3) is 0 Å². The first-order chi connectivity index (χ1) is 12.3. The smallest absolute Gasteiger partial charge is 0.247 e. The summed E-state index contributed by atoms with van der Waals surface area (Å²) in [6.07, 6.45) is 6.18. The van der Waals surface area contributed by atoms with Crippen molar-refractivity contribution in [3.8, 4) is 17.2 Å². The lowest BCUT2D eigenvalue weighted by Crippen LogP contribution is -2.32. The maximum Gasteiger partial charge on any atom is 0.247 e. The Labute approximate surface area is 146 Å². The number of methoxy groups -OCH3 is 1. The Balaban J connectivity index is 1.35. The first-order valence-corrected chi connectivity index (χ1v) is 8.49. The molecule has 0 saturated carbocycles. The van der Waals surface area contributed by atoms with Gasteiger partial charge in [-0.15, -0.1) is 10.2 Å². The zero-order chi connectivity index (χ0) is 17.1. The van der Waals surface area contributed by atoms with E-state index in [0.717, 1.165) is 37.2 Å². The molecule has 0 aliphatic carbocycles. The highest BCUT2D eigenvalue weighted by molar-refractivity contribution is 5.53. The van der Waals surface area contributed by atoms with Gasteiger partial charge in [0, 0.05) is 11.8 Å². The molecule has 1 aliphatic rings. The lowest BCUT2D eigenvalue weighted by molar-refractivity contribution is 0.188. The number of hydrogen-bond acceptors (Lipinski definition) is 6. The van der Waals surface area contributed by atoms with E-state index in [-0.39, 0.29) is 0 Å². The van der Waals surface area contributed by atoms with Gasteiger partial charge in [0.15, 0.2) is 0 Å². The van der Waals surface area contributed by atoms with Gasteiger partial charge in [-0.3, -0.25) is 10.00 Å². The predicted octanol–water partition coefficient (Wildman–Crippen LogP) is 2.85. The molecule has 3 aromatic rings. The highest BCUT2D eigenvalue weighted by Gasteiger charge is 2.22. The maximum absolute atomic E-state index is 5.83. The minimum absolute atomic E-state index is 0.547. The fraction of sp³-hybridized carbons (Fsp3) is 0.389. The Morgan fingerprint density at radius 1 is 1.20 bits per heavy atom. The number of aromatic nitrogens is 4. The van der Waals surface area contributed by atoms with E-state index in [9.17, 15) is 0 Å². The number of aromatic amines is 1. The summed E-state index contributed by atoms with van der Waals surface area (Å²) in [6, 6.07) is 7.62. The lowest BCUT2D eigenvalue weighted by Gasteiger charge is -2.30. The van der Waals surface area contributed by atoms with E-state index in [1.807, 2.05) is 36.7 Å². The van der Waals surface area contributed by atoms with E-state index < -0.39 is 0 Å². The summed E-state index contributed by atoms with van der Waals surface area (Å²) in [5, 5.41) is 15.3.